The molecule has 2 N–H and O–H groups in total. The van der Waals surface area contributed by atoms with E-state index in [0.717, 1.165) is 23.4 Å². The number of rotatable bonds is 5. The zero-order valence-electron chi connectivity index (χ0n) is 17.5. The molecule has 0 radical (unpaired) electrons. The van der Waals surface area contributed by atoms with Crippen molar-refractivity contribution in [3.05, 3.63) is 90.4 Å². The van der Waals surface area contributed by atoms with Gasteiger partial charge in [0.1, 0.15) is 19.3 Å². The molecule has 2 aromatic carbocycles. The van der Waals surface area contributed by atoms with E-state index in [4.69, 9.17) is 0 Å². The van der Waals surface area contributed by atoms with E-state index in [1.54, 1.807) is 28.9 Å². The molecule has 4 aromatic rings. The van der Waals surface area contributed by atoms with Crippen molar-refractivity contribution in [3.8, 4) is 11.3 Å². The molecule has 0 aliphatic carbocycles. The van der Waals surface area contributed by atoms with Crippen molar-refractivity contribution in [1.82, 2.24) is 15.0 Å². The Kier molecular flexibility index (Phi) is 6.07. The lowest BCUT2D eigenvalue weighted by Gasteiger charge is -2.10. The molecular formula is C23H20F3N6O+. The number of nitrogens with one attached hydrogen (secondary N) is 2. The molecule has 2 amide bonds. The standard InChI is InChI=1S/C23H19F3N6O/c1-31-13-3-2-4-20(31)14-32-15-21(29-30-32)16-5-9-18(10-6-16)27-22(33)28-19-11-7-17(8-12-19)23(24,25)26/h2-13,15H,14H2,1H3,(H-,27,28,33)/p+1. The maximum atomic E-state index is 12.6. The van der Waals surface area contributed by atoms with Crippen LogP contribution in [0.5, 0.6) is 0 Å². The van der Waals surface area contributed by atoms with Crippen molar-refractivity contribution >= 4 is 17.4 Å². The summed E-state index contributed by atoms with van der Waals surface area (Å²) in [6.07, 6.45) is -0.618. The fraction of sp³-hybridized carbons (Fsp3) is 0.130. The van der Waals surface area contributed by atoms with Gasteiger partial charge in [-0.15, -0.1) is 5.10 Å². The van der Waals surface area contributed by atoms with Crippen molar-refractivity contribution in [2.75, 3.05) is 10.6 Å². The number of carbonyl (C=O) groups is 1. The molecule has 33 heavy (non-hydrogen) atoms. The molecule has 0 unspecified atom stereocenters. The molecule has 0 saturated carbocycles. The maximum Gasteiger partial charge on any atom is 0.416 e. The topological polar surface area (TPSA) is 75.7 Å². The number of halogens is 3. The third-order valence-corrected chi connectivity index (χ3v) is 4.93. The summed E-state index contributed by atoms with van der Waals surface area (Å²) in [6, 6.07) is 16.6. The van der Waals surface area contributed by atoms with E-state index in [0.29, 0.717) is 17.9 Å². The van der Waals surface area contributed by atoms with Crippen LogP contribution in [0.4, 0.5) is 29.3 Å². The van der Waals surface area contributed by atoms with Crippen LogP contribution in [0, 0.1) is 0 Å². The predicted molar refractivity (Wildman–Crippen MR) is 116 cm³/mol. The zero-order valence-corrected chi connectivity index (χ0v) is 17.5. The van der Waals surface area contributed by atoms with Crippen molar-refractivity contribution in [2.24, 2.45) is 7.05 Å². The Morgan fingerprint density at radius 3 is 2.21 bits per heavy atom. The second kappa shape index (κ2) is 9.11. The summed E-state index contributed by atoms with van der Waals surface area (Å²) < 4.78 is 41.6. The van der Waals surface area contributed by atoms with Gasteiger partial charge in [-0.05, 0) is 36.4 Å². The first-order chi connectivity index (χ1) is 15.8. The van der Waals surface area contributed by atoms with Gasteiger partial charge in [-0.3, -0.25) is 0 Å². The Bertz CT molecular complexity index is 1250. The van der Waals surface area contributed by atoms with E-state index in [1.165, 1.54) is 12.1 Å². The molecular weight excluding hydrogens is 433 g/mol. The average Bonchev–Trinajstić information content (AvgIpc) is 3.24. The molecule has 0 aliphatic rings. The average molecular weight is 453 g/mol. The van der Waals surface area contributed by atoms with Gasteiger partial charge in [0.25, 0.3) is 0 Å². The minimum Gasteiger partial charge on any atom is -0.308 e. The number of urea groups is 1. The van der Waals surface area contributed by atoms with E-state index in [1.807, 2.05) is 42.2 Å². The van der Waals surface area contributed by atoms with Crippen LogP contribution in [-0.2, 0) is 19.8 Å². The first-order valence-corrected chi connectivity index (χ1v) is 9.97. The lowest BCUT2D eigenvalue weighted by atomic mass is 10.1. The Labute approximate surface area is 187 Å². The summed E-state index contributed by atoms with van der Waals surface area (Å²) >= 11 is 0. The third kappa shape index (κ3) is 5.53. The number of nitrogens with zero attached hydrogens (tertiary/aromatic N) is 4. The fourth-order valence-electron chi connectivity index (χ4n) is 3.16. The van der Waals surface area contributed by atoms with E-state index in [-0.39, 0.29) is 5.69 Å². The van der Waals surface area contributed by atoms with Crippen molar-refractivity contribution in [3.63, 3.8) is 0 Å². The van der Waals surface area contributed by atoms with Crippen LogP contribution >= 0.6 is 0 Å². The summed E-state index contributed by atoms with van der Waals surface area (Å²) in [5.74, 6) is 0. The maximum absolute atomic E-state index is 12.6. The number of alkyl halides is 3. The normalized spacial score (nSPS) is 11.3. The highest BCUT2D eigenvalue weighted by molar-refractivity contribution is 5.99. The van der Waals surface area contributed by atoms with Crippen LogP contribution < -0.4 is 15.2 Å². The van der Waals surface area contributed by atoms with Crippen LogP contribution in [-0.4, -0.2) is 21.0 Å². The number of amides is 2. The number of aromatic nitrogens is 4. The van der Waals surface area contributed by atoms with E-state index in [2.05, 4.69) is 20.9 Å². The second-order valence-electron chi connectivity index (χ2n) is 7.34. The van der Waals surface area contributed by atoms with E-state index >= 15 is 0 Å². The molecule has 0 aliphatic heterocycles. The summed E-state index contributed by atoms with van der Waals surface area (Å²) in [5.41, 5.74) is 2.58. The number of hydrogen-bond acceptors (Lipinski definition) is 3. The molecule has 0 atom stereocenters. The van der Waals surface area contributed by atoms with Gasteiger partial charge in [0.2, 0.25) is 5.69 Å². The molecule has 168 valence electrons. The Morgan fingerprint density at radius 1 is 0.970 bits per heavy atom. The highest BCUT2D eigenvalue weighted by Crippen LogP contribution is 2.29. The molecule has 2 heterocycles. The number of carbonyl (C=O) groups excluding carboxylic acids is 1. The molecule has 0 fully saturated rings. The van der Waals surface area contributed by atoms with Gasteiger partial charge in [0.05, 0.1) is 11.8 Å². The Hall–Kier alpha value is -4.21. The zero-order chi connectivity index (χ0) is 23.4. The van der Waals surface area contributed by atoms with Gasteiger partial charge in [-0.1, -0.05) is 23.4 Å². The van der Waals surface area contributed by atoms with Crippen LogP contribution in [0.25, 0.3) is 11.3 Å². The Balaban J connectivity index is 1.36. The van der Waals surface area contributed by atoms with Gasteiger partial charge < -0.3 is 10.6 Å². The van der Waals surface area contributed by atoms with Crippen molar-refractivity contribution in [2.45, 2.75) is 12.7 Å². The molecule has 4 rings (SSSR count). The van der Waals surface area contributed by atoms with Crippen molar-refractivity contribution in [1.29, 1.82) is 0 Å². The van der Waals surface area contributed by atoms with Crippen LogP contribution in [0.15, 0.2) is 79.1 Å². The number of anilines is 2. The summed E-state index contributed by atoms with van der Waals surface area (Å²) in [4.78, 5) is 12.2. The monoisotopic (exact) mass is 453 g/mol. The second-order valence-corrected chi connectivity index (χ2v) is 7.34. The van der Waals surface area contributed by atoms with Gasteiger partial charge >= 0.3 is 12.2 Å². The highest BCUT2D eigenvalue weighted by atomic mass is 19.4. The number of hydrogen-bond donors (Lipinski definition) is 2. The fourth-order valence-corrected chi connectivity index (χ4v) is 3.16. The molecule has 0 saturated heterocycles. The van der Waals surface area contributed by atoms with Crippen LogP contribution in [0.2, 0.25) is 0 Å². The lowest BCUT2D eigenvalue weighted by molar-refractivity contribution is -0.679. The minimum atomic E-state index is -4.42. The van der Waals surface area contributed by atoms with E-state index in [9.17, 15) is 18.0 Å². The number of pyridine rings is 1. The number of aryl methyl sites for hydroxylation is 1. The molecule has 10 heteroatoms. The SMILES string of the molecule is C[n+]1ccccc1Cn1cc(-c2ccc(NC(=O)Nc3ccc(C(F)(F)F)cc3)cc2)nn1. The molecule has 0 bridgehead atoms. The third-order valence-electron chi connectivity index (χ3n) is 4.93. The van der Waals surface area contributed by atoms with Gasteiger partial charge in [0, 0.05) is 29.1 Å². The summed E-state index contributed by atoms with van der Waals surface area (Å²) in [5, 5.41) is 13.5. The summed E-state index contributed by atoms with van der Waals surface area (Å²) in [6.45, 7) is 0.577. The molecule has 7 nitrogen and oxygen atoms in total. The van der Waals surface area contributed by atoms with Gasteiger partial charge in [-0.2, -0.15) is 13.2 Å². The van der Waals surface area contributed by atoms with Gasteiger partial charge in [0.15, 0.2) is 6.20 Å². The smallest absolute Gasteiger partial charge is 0.308 e. The first kappa shape index (κ1) is 22.0. The predicted octanol–water partition coefficient (Wildman–Crippen LogP) is 4.48. The minimum absolute atomic E-state index is 0.251. The molecule has 0 spiro atoms. The lowest BCUT2D eigenvalue weighted by Crippen LogP contribution is -2.33. The molecule has 2 aromatic heterocycles. The quantitative estimate of drug-likeness (QED) is 0.438. The largest absolute Gasteiger partial charge is 0.416 e. The van der Waals surface area contributed by atoms with Crippen molar-refractivity contribution < 1.29 is 22.5 Å². The van der Waals surface area contributed by atoms with E-state index < -0.39 is 17.8 Å². The number of benzene rings is 2. The summed E-state index contributed by atoms with van der Waals surface area (Å²) in [7, 11) is 1.96. The van der Waals surface area contributed by atoms with Crippen LogP contribution in [0.1, 0.15) is 11.3 Å². The first-order valence-electron chi connectivity index (χ1n) is 9.97. The van der Waals surface area contributed by atoms with Crippen LogP contribution in [0.3, 0.4) is 0 Å². The van der Waals surface area contributed by atoms with Gasteiger partial charge in [-0.25, -0.2) is 14.0 Å². The highest BCUT2D eigenvalue weighted by Gasteiger charge is 2.30. The Morgan fingerprint density at radius 2 is 1.61 bits per heavy atom.